The molecule has 0 heterocycles. The molecule has 0 aliphatic rings. The lowest BCUT2D eigenvalue weighted by molar-refractivity contribution is -0.116. The van der Waals surface area contributed by atoms with Gasteiger partial charge in [-0.3, -0.25) is 4.79 Å². The highest BCUT2D eigenvalue weighted by molar-refractivity contribution is 7.98. The lowest BCUT2D eigenvalue weighted by atomic mass is 10.2. The van der Waals surface area contributed by atoms with E-state index in [1.165, 1.54) is 0 Å². The molecule has 3 N–H and O–H groups in total. The zero-order valence-electron chi connectivity index (χ0n) is 11.7. The van der Waals surface area contributed by atoms with Gasteiger partial charge in [0.05, 0.1) is 0 Å². The van der Waals surface area contributed by atoms with Crippen molar-refractivity contribution in [2.45, 2.75) is 12.8 Å². The zero-order chi connectivity index (χ0) is 14.1. The van der Waals surface area contributed by atoms with Gasteiger partial charge in [-0.1, -0.05) is 0 Å². The Morgan fingerprint density at radius 2 is 2.00 bits per heavy atom. The smallest absolute Gasteiger partial charge is 0.224 e. The Kier molecular flexibility index (Phi) is 7.36. The minimum atomic E-state index is 0.0584. The van der Waals surface area contributed by atoms with E-state index >= 15 is 0 Å². The fourth-order valence-corrected chi connectivity index (χ4v) is 2.15. The standard InChI is InChI=1S/C14H23N3OS/c1-17(10-11-19-2)9-3-4-14(18)16-13-7-5-12(15)6-8-13/h5-8H,3-4,9-11,15H2,1-2H3,(H,16,18). The zero-order valence-corrected chi connectivity index (χ0v) is 12.5. The van der Waals surface area contributed by atoms with E-state index in [1.54, 1.807) is 12.1 Å². The molecule has 0 saturated carbocycles. The van der Waals surface area contributed by atoms with Crippen LogP contribution in [0.2, 0.25) is 0 Å². The maximum atomic E-state index is 11.7. The van der Waals surface area contributed by atoms with E-state index in [0.29, 0.717) is 12.1 Å². The summed E-state index contributed by atoms with van der Waals surface area (Å²) in [7, 11) is 2.09. The van der Waals surface area contributed by atoms with Crippen molar-refractivity contribution in [3.8, 4) is 0 Å². The molecule has 1 rings (SSSR count). The molecular weight excluding hydrogens is 258 g/mol. The summed E-state index contributed by atoms with van der Waals surface area (Å²) in [6.07, 6.45) is 3.54. The van der Waals surface area contributed by atoms with Crippen molar-refractivity contribution in [1.82, 2.24) is 4.90 Å². The summed E-state index contributed by atoms with van der Waals surface area (Å²) in [6.45, 7) is 2.02. The van der Waals surface area contributed by atoms with E-state index in [2.05, 4.69) is 23.5 Å². The first kappa shape index (κ1) is 15.9. The number of thioether (sulfide) groups is 1. The van der Waals surface area contributed by atoms with Gasteiger partial charge in [-0.05, 0) is 50.5 Å². The Bertz CT molecular complexity index is 381. The van der Waals surface area contributed by atoms with Gasteiger partial charge in [-0.2, -0.15) is 11.8 Å². The fraction of sp³-hybridized carbons (Fsp3) is 0.500. The van der Waals surface area contributed by atoms with Crippen molar-refractivity contribution >= 4 is 29.0 Å². The van der Waals surface area contributed by atoms with E-state index in [0.717, 1.165) is 31.0 Å². The second-order valence-electron chi connectivity index (χ2n) is 4.57. The number of anilines is 2. The van der Waals surface area contributed by atoms with Gasteiger partial charge < -0.3 is 16.0 Å². The molecule has 1 aromatic carbocycles. The molecule has 4 nitrogen and oxygen atoms in total. The van der Waals surface area contributed by atoms with E-state index in [-0.39, 0.29) is 5.91 Å². The van der Waals surface area contributed by atoms with Crippen LogP contribution in [-0.4, -0.2) is 43.0 Å². The van der Waals surface area contributed by atoms with Crippen molar-refractivity contribution in [1.29, 1.82) is 0 Å². The third-order valence-corrected chi connectivity index (χ3v) is 3.41. The number of benzene rings is 1. The number of amides is 1. The van der Waals surface area contributed by atoms with E-state index in [9.17, 15) is 4.79 Å². The van der Waals surface area contributed by atoms with E-state index in [1.807, 2.05) is 23.9 Å². The molecule has 1 amide bonds. The average molecular weight is 281 g/mol. The molecule has 0 aliphatic carbocycles. The fourth-order valence-electron chi connectivity index (χ4n) is 1.66. The van der Waals surface area contributed by atoms with Gasteiger partial charge in [0.25, 0.3) is 0 Å². The van der Waals surface area contributed by atoms with Crippen LogP contribution in [0, 0.1) is 0 Å². The predicted molar refractivity (Wildman–Crippen MR) is 84.6 cm³/mol. The predicted octanol–water partition coefficient (Wildman–Crippen LogP) is 2.28. The van der Waals surface area contributed by atoms with E-state index < -0.39 is 0 Å². The molecule has 0 radical (unpaired) electrons. The molecule has 0 unspecified atom stereocenters. The number of carbonyl (C=O) groups excluding carboxylic acids is 1. The highest BCUT2D eigenvalue weighted by atomic mass is 32.2. The molecule has 0 fully saturated rings. The summed E-state index contributed by atoms with van der Waals surface area (Å²) in [5, 5.41) is 2.87. The molecule has 106 valence electrons. The van der Waals surface area contributed by atoms with Crippen LogP contribution >= 0.6 is 11.8 Å². The second-order valence-corrected chi connectivity index (χ2v) is 5.56. The van der Waals surface area contributed by atoms with Crippen LogP contribution in [0.1, 0.15) is 12.8 Å². The number of carbonyl (C=O) groups is 1. The molecule has 0 spiro atoms. The van der Waals surface area contributed by atoms with Crippen LogP contribution in [-0.2, 0) is 4.79 Å². The Hall–Kier alpha value is -1.20. The monoisotopic (exact) mass is 281 g/mol. The van der Waals surface area contributed by atoms with Crippen molar-refractivity contribution in [3.63, 3.8) is 0 Å². The minimum Gasteiger partial charge on any atom is -0.399 e. The molecule has 19 heavy (non-hydrogen) atoms. The van der Waals surface area contributed by atoms with Gasteiger partial charge in [-0.15, -0.1) is 0 Å². The van der Waals surface area contributed by atoms with Gasteiger partial charge in [0.15, 0.2) is 0 Å². The minimum absolute atomic E-state index is 0.0584. The normalized spacial score (nSPS) is 10.7. The van der Waals surface area contributed by atoms with Crippen LogP contribution in [0.5, 0.6) is 0 Å². The van der Waals surface area contributed by atoms with Gasteiger partial charge >= 0.3 is 0 Å². The van der Waals surface area contributed by atoms with Crippen molar-refractivity contribution in [2.24, 2.45) is 0 Å². The molecule has 0 aliphatic heterocycles. The Labute approximate surface area is 119 Å². The van der Waals surface area contributed by atoms with Crippen LogP contribution in [0.4, 0.5) is 11.4 Å². The highest BCUT2D eigenvalue weighted by Gasteiger charge is 2.04. The number of nitrogens with one attached hydrogen (secondary N) is 1. The summed E-state index contributed by atoms with van der Waals surface area (Å²) < 4.78 is 0. The SMILES string of the molecule is CSCCN(C)CCCC(=O)Nc1ccc(N)cc1. The molecule has 0 atom stereocenters. The Balaban J connectivity index is 2.19. The highest BCUT2D eigenvalue weighted by Crippen LogP contribution is 2.11. The van der Waals surface area contributed by atoms with Gasteiger partial charge in [0, 0.05) is 30.1 Å². The van der Waals surface area contributed by atoms with Crippen LogP contribution < -0.4 is 11.1 Å². The lowest BCUT2D eigenvalue weighted by Gasteiger charge is -2.15. The maximum absolute atomic E-state index is 11.7. The number of nitrogens with zero attached hydrogens (tertiary/aromatic N) is 1. The average Bonchev–Trinajstić information content (AvgIpc) is 2.39. The topological polar surface area (TPSA) is 58.4 Å². The van der Waals surface area contributed by atoms with Gasteiger partial charge in [0.2, 0.25) is 5.91 Å². The molecule has 0 aromatic heterocycles. The second kappa shape index (κ2) is 8.82. The molecule has 1 aromatic rings. The van der Waals surface area contributed by atoms with E-state index in [4.69, 9.17) is 5.73 Å². The van der Waals surface area contributed by atoms with Crippen LogP contribution in [0.3, 0.4) is 0 Å². The summed E-state index contributed by atoms with van der Waals surface area (Å²) in [5.41, 5.74) is 7.09. The largest absolute Gasteiger partial charge is 0.399 e. The maximum Gasteiger partial charge on any atom is 0.224 e. The summed E-state index contributed by atoms with van der Waals surface area (Å²) >= 11 is 1.84. The third kappa shape index (κ3) is 7.08. The third-order valence-electron chi connectivity index (χ3n) is 2.82. The van der Waals surface area contributed by atoms with Crippen molar-refractivity contribution < 1.29 is 4.79 Å². The van der Waals surface area contributed by atoms with Gasteiger partial charge in [0.1, 0.15) is 0 Å². The number of hydrogen-bond donors (Lipinski definition) is 2. The molecule has 0 bridgehead atoms. The first-order valence-electron chi connectivity index (χ1n) is 6.44. The quantitative estimate of drug-likeness (QED) is 0.718. The first-order chi connectivity index (χ1) is 9.11. The number of rotatable bonds is 8. The van der Waals surface area contributed by atoms with Gasteiger partial charge in [-0.25, -0.2) is 0 Å². The summed E-state index contributed by atoms with van der Waals surface area (Å²) in [4.78, 5) is 14.0. The Morgan fingerprint density at radius 1 is 1.32 bits per heavy atom. The van der Waals surface area contributed by atoms with Crippen LogP contribution in [0.15, 0.2) is 24.3 Å². The summed E-state index contributed by atoms with van der Waals surface area (Å²) in [5.74, 6) is 1.19. The van der Waals surface area contributed by atoms with Crippen molar-refractivity contribution in [3.05, 3.63) is 24.3 Å². The molecular formula is C14H23N3OS. The van der Waals surface area contributed by atoms with Crippen LogP contribution in [0.25, 0.3) is 0 Å². The Morgan fingerprint density at radius 3 is 2.63 bits per heavy atom. The molecule has 0 saturated heterocycles. The lowest BCUT2D eigenvalue weighted by Crippen LogP contribution is -2.23. The number of nitrogens with two attached hydrogens (primary N) is 1. The first-order valence-corrected chi connectivity index (χ1v) is 7.84. The number of hydrogen-bond acceptors (Lipinski definition) is 4. The summed E-state index contributed by atoms with van der Waals surface area (Å²) in [6, 6.07) is 7.20. The molecule has 5 heteroatoms. The number of nitrogen functional groups attached to an aromatic ring is 1. The van der Waals surface area contributed by atoms with Crippen molar-refractivity contribution in [2.75, 3.05) is 43.2 Å².